The van der Waals surface area contributed by atoms with Gasteiger partial charge in [0.25, 0.3) is 0 Å². The van der Waals surface area contributed by atoms with Crippen molar-refractivity contribution < 1.29 is 4.74 Å². The minimum absolute atomic E-state index is 0.668. The molecule has 0 aromatic carbocycles. The molecule has 1 aliphatic carbocycles. The van der Waals surface area contributed by atoms with E-state index in [1.54, 1.807) is 0 Å². The molecule has 0 amide bonds. The molecule has 108 valence electrons. The second-order valence-corrected chi connectivity index (χ2v) is 6.22. The molecule has 0 bridgehead atoms. The summed E-state index contributed by atoms with van der Waals surface area (Å²) in [5.41, 5.74) is 0. The van der Waals surface area contributed by atoms with E-state index in [4.69, 9.17) is 4.74 Å². The maximum atomic E-state index is 5.55. The first-order valence-electron chi connectivity index (χ1n) is 7.98. The maximum absolute atomic E-state index is 5.55. The van der Waals surface area contributed by atoms with Gasteiger partial charge in [0.15, 0.2) is 0 Å². The van der Waals surface area contributed by atoms with E-state index in [1.807, 2.05) is 0 Å². The number of nitrogens with one attached hydrogen (secondary N) is 1. The first-order chi connectivity index (χ1) is 8.67. The van der Waals surface area contributed by atoms with Crippen LogP contribution in [0.1, 0.15) is 59.8 Å². The normalized spacial score (nSPS) is 30.3. The van der Waals surface area contributed by atoms with Crippen molar-refractivity contribution in [2.24, 2.45) is 17.8 Å². The number of hydrogen-bond donors (Lipinski definition) is 1. The Morgan fingerprint density at radius 1 is 1.11 bits per heavy atom. The Hall–Kier alpha value is -0.0800. The molecule has 1 rings (SSSR count). The Kier molecular flexibility index (Phi) is 7.92. The van der Waals surface area contributed by atoms with Gasteiger partial charge >= 0.3 is 0 Å². The van der Waals surface area contributed by atoms with Gasteiger partial charge in [0, 0.05) is 19.3 Å². The Balaban J connectivity index is 2.45. The largest absolute Gasteiger partial charge is 0.382 e. The average Bonchev–Trinajstić information content (AvgIpc) is 2.32. The van der Waals surface area contributed by atoms with Crippen molar-refractivity contribution in [3.63, 3.8) is 0 Å². The average molecular weight is 255 g/mol. The van der Waals surface area contributed by atoms with E-state index in [1.165, 1.54) is 32.1 Å². The highest BCUT2D eigenvalue weighted by molar-refractivity contribution is 4.83. The minimum Gasteiger partial charge on any atom is -0.382 e. The zero-order chi connectivity index (χ0) is 13.4. The summed E-state index contributed by atoms with van der Waals surface area (Å²) >= 11 is 0. The van der Waals surface area contributed by atoms with Crippen LogP contribution in [0.3, 0.4) is 0 Å². The molecule has 0 radical (unpaired) electrons. The summed E-state index contributed by atoms with van der Waals surface area (Å²) in [6.45, 7) is 12.1. The fourth-order valence-corrected chi connectivity index (χ4v) is 3.53. The SMILES string of the molecule is CCCNC(CCOCC)C1CC(C)CC(C)C1. The van der Waals surface area contributed by atoms with Crippen molar-refractivity contribution in [2.45, 2.75) is 65.8 Å². The topological polar surface area (TPSA) is 21.3 Å². The highest BCUT2D eigenvalue weighted by Gasteiger charge is 2.29. The van der Waals surface area contributed by atoms with E-state index in [2.05, 4.69) is 33.0 Å². The smallest absolute Gasteiger partial charge is 0.0480 e. The van der Waals surface area contributed by atoms with Gasteiger partial charge in [-0.3, -0.25) is 0 Å². The van der Waals surface area contributed by atoms with Crippen LogP contribution in [0.15, 0.2) is 0 Å². The predicted molar refractivity (Wildman–Crippen MR) is 78.9 cm³/mol. The molecule has 1 aliphatic rings. The summed E-state index contributed by atoms with van der Waals surface area (Å²) in [6, 6.07) is 0.668. The fourth-order valence-electron chi connectivity index (χ4n) is 3.53. The van der Waals surface area contributed by atoms with E-state index in [0.717, 1.165) is 37.5 Å². The Morgan fingerprint density at radius 3 is 2.33 bits per heavy atom. The van der Waals surface area contributed by atoms with E-state index < -0.39 is 0 Å². The molecule has 3 atom stereocenters. The van der Waals surface area contributed by atoms with Gasteiger partial charge in [-0.2, -0.15) is 0 Å². The first kappa shape index (κ1) is 16.0. The molecule has 2 nitrogen and oxygen atoms in total. The molecule has 2 heteroatoms. The monoisotopic (exact) mass is 255 g/mol. The third-order valence-electron chi connectivity index (χ3n) is 4.22. The van der Waals surface area contributed by atoms with E-state index >= 15 is 0 Å². The summed E-state index contributed by atoms with van der Waals surface area (Å²) in [7, 11) is 0. The lowest BCUT2D eigenvalue weighted by Gasteiger charge is -2.37. The van der Waals surface area contributed by atoms with Gasteiger partial charge in [0.05, 0.1) is 0 Å². The lowest BCUT2D eigenvalue weighted by Crippen LogP contribution is -2.41. The van der Waals surface area contributed by atoms with Gasteiger partial charge in [-0.1, -0.05) is 20.8 Å². The van der Waals surface area contributed by atoms with Gasteiger partial charge in [0.1, 0.15) is 0 Å². The molecule has 1 fully saturated rings. The quantitative estimate of drug-likeness (QED) is 0.665. The fraction of sp³-hybridized carbons (Fsp3) is 1.00. The van der Waals surface area contributed by atoms with Gasteiger partial charge in [-0.05, 0) is 63.3 Å². The van der Waals surface area contributed by atoms with E-state index in [0.29, 0.717) is 6.04 Å². The maximum Gasteiger partial charge on any atom is 0.0480 e. The zero-order valence-corrected chi connectivity index (χ0v) is 12.9. The third-order valence-corrected chi connectivity index (χ3v) is 4.22. The van der Waals surface area contributed by atoms with Gasteiger partial charge in [-0.25, -0.2) is 0 Å². The molecule has 0 aromatic rings. The molecule has 1 saturated carbocycles. The second-order valence-electron chi connectivity index (χ2n) is 6.22. The van der Waals surface area contributed by atoms with Crippen LogP contribution in [-0.2, 0) is 4.74 Å². The number of hydrogen-bond acceptors (Lipinski definition) is 2. The molecule has 3 unspecified atom stereocenters. The third kappa shape index (κ3) is 5.71. The van der Waals surface area contributed by atoms with Crippen molar-refractivity contribution in [3.8, 4) is 0 Å². The zero-order valence-electron chi connectivity index (χ0n) is 12.9. The highest BCUT2D eigenvalue weighted by Crippen LogP contribution is 2.35. The number of rotatable bonds is 8. The summed E-state index contributed by atoms with van der Waals surface area (Å²) < 4.78 is 5.55. The van der Waals surface area contributed by atoms with Crippen LogP contribution in [0.25, 0.3) is 0 Å². The van der Waals surface area contributed by atoms with Gasteiger partial charge in [0.2, 0.25) is 0 Å². The first-order valence-corrected chi connectivity index (χ1v) is 7.98. The summed E-state index contributed by atoms with van der Waals surface area (Å²) in [4.78, 5) is 0. The summed E-state index contributed by atoms with van der Waals surface area (Å²) in [6.07, 6.45) is 6.62. The molecule has 0 heterocycles. The Bertz CT molecular complexity index is 197. The van der Waals surface area contributed by atoms with Crippen LogP contribution in [0, 0.1) is 17.8 Å². The van der Waals surface area contributed by atoms with Gasteiger partial charge < -0.3 is 10.1 Å². The number of ether oxygens (including phenoxy) is 1. The van der Waals surface area contributed by atoms with Crippen LogP contribution in [0.4, 0.5) is 0 Å². The van der Waals surface area contributed by atoms with Crippen LogP contribution >= 0.6 is 0 Å². The molecular formula is C16H33NO. The van der Waals surface area contributed by atoms with Crippen LogP contribution in [-0.4, -0.2) is 25.8 Å². The summed E-state index contributed by atoms with van der Waals surface area (Å²) in [5.74, 6) is 2.66. The van der Waals surface area contributed by atoms with E-state index in [9.17, 15) is 0 Å². The molecule has 0 aromatic heterocycles. The van der Waals surface area contributed by atoms with Crippen LogP contribution in [0.5, 0.6) is 0 Å². The minimum atomic E-state index is 0.668. The standard InChI is InChI=1S/C16H33NO/c1-5-8-17-16(7-9-18-6-2)15-11-13(3)10-14(4)12-15/h13-17H,5-12H2,1-4H3. The van der Waals surface area contributed by atoms with Crippen molar-refractivity contribution in [2.75, 3.05) is 19.8 Å². The molecular weight excluding hydrogens is 222 g/mol. The predicted octanol–water partition coefficient (Wildman–Crippen LogP) is 3.85. The van der Waals surface area contributed by atoms with Gasteiger partial charge in [-0.15, -0.1) is 0 Å². The van der Waals surface area contributed by atoms with Crippen molar-refractivity contribution in [3.05, 3.63) is 0 Å². The Morgan fingerprint density at radius 2 is 1.78 bits per heavy atom. The molecule has 18 heavy (non-hydrogen) atoms. The Labute approximate surface area is 114 Å². The van der Waals surface area contributed by atoms with Crippen LogP contribution in [0.2, 0.25) is 0 Å². The van der Waals surface area contributed by atoms with Crippen molar-refractivity contribution in [1.29, 1.82) is 0 Å². The van der Waals surface area contributed by atoms with E-state index in [-0.39, 0.29) is 0 Å². The lowest BCUT2D eigenvalue weighted by atomic mass is 9.73. The van der Waals surface area contributed by atoms with Crippen molar-refractivity contribution in [1.82, 2.24) is 5.32 Å². The molecule has 0 aliphatic heterocycles. The summed E-state index contributed by atoms with van der Waals surface area (Å²) in [5, 5.41) is 3.76. The molecule has 0 spiro atoms. The lowest BCUT2D eigenvalue weighted by molar-refractivity contribution is 0.110. The van der Waals surface area contributed by atoms with Crippen molar-refractivity contribution >= 4 is 0 Å². The highest BCUT2D eigenvalue weighted by atomic mass is 16.5. The second kappa shape index (κ2) is 8.92. The molecule has 1 N–H and O–H groups in total. The van der Waals surface area contributed by atoms with Crippen LogP contribution < -0.4 is 5.32 Å². The molecule has 0 saturated heterocycles.